The molecule has 9 nitrogen and oxygen atoms in total. The minimum Gasteiger partial charge on any atom is -0.351 e. The fourth-order valence-electron chi connectivity index (χ4n) is 5.36. The van der Waals surface area contributed by atoms with E-state index in [-0.39, 0.29) is 23.9 Å². The summed E-state index contributed by atoms with van der Waals surface area (Å²) in [5.41, 5.74) is 2.28. The number of fused-ring (bicyclic) bond motifs is 2. The first kappa shape index (κ1) is 23.9. The first-order valence-electron chi connectivity index (χ1n) is 12.2. The molecule has 1 saturated heterocycles. The van der Waals surface area contributed by atoms with Crippen LogP contribution in [0.15, 0.2) is 24.3 Å². The molecular weight excluding hydrogens is 502 g/mol. The van der Waals surface area contributed by atoms with Gasteiger partial charge in [0.05, 0.1) is 24.9 Å². The second kappa shape index (κ2) is 9.42. The quantitative estimate of drug-likeness (QED) is 0.479. The molecule has 3 N–H and O–H groups in total. The minimum atomic E-state index is -0.724. The molecule has 6 rings (SSSR count). The fraction of sp³-hybridized carbons (Fsp3) is 0.480. The van der Waals surface area contributed by atoms with Crippen molar-refractivity contribution in [2.45, 2.75) is 50.1 Å². The van der Waals surface area contributed by atoms with E-state index in [9.17, 15) is 9.59 Å². The van der Waals surface area contributed by atoms with E-state index in [0.717, 1.165) is 41.0 Å². The number of hydrogen-bond donors (Lipinski definition) is 3. The molecule has 2 amide bonds. The summed E-state index contributed by atoms with van der Waals surface area (Å²) in [6, 6.07) is 6.57. The smallest absolute Gasteiger partial charge is 0.280 e. The second-order valence-electron chi connectivity index (χ2n) is 9.80. The van der Waals surface area contributed by atoms with Crippen molar-refractivity contribution in [1.29, 1.82) is 0 Å². The van der Waals surface area contributed by atoms with Crippen molar-refractivity contribution < 1.29 is 19.1 Å². The Morgan fingerprint density at radius 1 is 1.19 bits per heavy atom. The summed E-state index contributed by atoms with van der Waals surface area (Å²) in [4.78, 5) is 37.6. The van der Waals surface area contributed by atoms with Gasteiger partial charge in [-0.15, -0.1) is 11.3 Å². The van der Waals surface area contributed by atoms with Gasteiger partial charge >= 0.3 is 0 Å². The molecule has 1 spiro atoms. The number of carbonyl (C=O) groups is 2. The van der Waals surface area contributed by atoms with E-state index in [2.05, 4.69) is 32.5 Å². The summed E-state index contributed by atoms with van der Waals surface area (Å²) in [5.74, 6) is -1.18. The van der Waals surface area contributed by atoms with Crippen LogP contribution in [0.3, 0.4) is 0 Å². The average molecular weight is 530 g/mol. The summed E-state index contributed by atoms with van der Waals surface area (Å²) in [7, 11) is 2.07. The molecule has 0 radical (unpaired) electrons. The maximum Gasteiger partial charge on any atom is 0.280 e. The highest BCUT2D eigenvalue weighted by Gasteiger charge is 2.46. The molecule has 1 aromatic carbocycles. The Hall–Kier alpha value is -2.50. The first-order valence-corrected chi connectivity index (χ1v) is 13.4. The zero-order chi connectivity index (χ0) is 24.9. The van der Waals surface area contributed by atoms with Crippen LogP contribution in [-0.4, -0.2) is 71.4 Å². The molecule has 2 atom stereocenters. The van der Waals surface area contributed by atoms with E-state index < -0.39 is 5.79 Å². The van der Waals surface area contributed by atoms with Crippen LogP contribution in [-0.2, 0) is 22.4 Å². The maximum absolute atomic E-state index is 13.3. The Kier molecular flexibility index (Phi) is 6.25. The number of H-pyrrole nitrogens is 1. The number of likely N-dealkylation sites (N-methyl/N-ethyl adjacent to an activating group) is 1. The number of thiazole rings is 1. The fourth-order valence-corrected chi connectivity index (χ4v) is 6.63. The molecular formula is C25H28ClN5O4S. The summed E-state index contributed by atoms with van der Waals surface area (Å²) in [6.07, 6.45) is 2.57. The number of benzene rings is 1. The molecule has 2 unspecified atom stereocenters. The SMILES string of the molecule is CN1CCc2nc(C(=O)NC3CCC4(CC3NC(=O)c3cc5cc(Cl)ccc5[nH]3)OCCO4)sc2C1. The highest BCUT2D eigenvalue weighted by Crippen LogP contribution is 2.36. The number of hydrogen-bond acceptors (Lipinski definition) is 7. The van der Waals surface area contributed by atoms with Crippen LogP contribution in [0.4, 0.5) is 0 Å². The van der Waals surface area contributed by atoms with Gasteiger partial charge < -0.3 is 30.0 Å². The van der Waals surface area contributed by atoms with Crippen molar-refractivity contribution in [2.24, 2.45) is 0 Å². The molecule has 4 heterocycles. The lowest BCUT2D eigenvalue weighted by atomic mass is 9.85. The van der Waals surface area contributed by atoms with Gasteiger partial charge in [0.1, 0.15) is 5.69 Å². The summed E-state index contributed by atoms with van der Waals surface area (Å²) < 4.78 is 11.9. The van der Waals surface area contributed by atoms with E-state index in [1.165, 1.54) is 11.3 Å². The summed E-state index contributed by atoms with van der Waals surface area (Å²) in [5, 5.41) is 8.21. The molecule has 3 aromatic rings. The van der Waals surface area contributed by atoms with Crippen LogP contribution >= 0.6 is 22.9 Å². The number of aromatic amines is 1. The Morgan fingerprint density at radius 2 is 2.00 bits per heavy atom. The van der Waals surface area contributed by atoms with Gasteiger partial charge in [-0.25, -0.2) is 4.98 Å². The Labute approximate surface area is 217 Å². The lowest BCUT2D eigenvalue weighted by Crippen LogP contribution is -2.58. The molecule has 36 heavy (non-hydrogen) atoms. The van der Waals surface area contributed by atoms with Gasteiger partial charge in [-0.1, -0.05) is 11.6 Å². The van der Waals surface area contributed by atoms with E-state index in [0.29, 0.717) is 48.2 Å². The van der Waals surface area contributed by atoms with Gasteiger partial charge in [0, 0.05) is 59.2 Å². The molecule has 3 aliphatic rings. The predicted molar refractivity (Wildman–Crippen MR) is 136 cm³/mol. The number of ether oxygens (including phenoxy) is 2. The molecule has 1 aliphatic carbocycles. The third-order valence-corrected chi connectivity index (χ3v) is 8.56. The number of nitrogens with one attached hydrogen (secondary N) is 3. The van der Waals surface area contributed by atoms with Crippen LogP contribution in [0.1, 0.15) is 50.1 Å². The van der Waals surface area contributed by atoms with Crippen molar-refractivity contribution in [3.8, 4) is 0 Å². The number of aromatic nitrogens is 2. The topological polar surface area (TPSA) is 109 Å². The molecule has 0 bridgehead atoms. The molecule has 2 aliphatic heterocycles. The monoisotopic (exact) mass is 529 g/mol. The average Bonchev–Trinajstić information content (AvgIpc) is 3.58. The lowest BCUT2D eigenvalue weighted by molar-refractivity contribution is -0.184. The summed E-state index contributed by atoms with van der Waals surface area (Å²) in [6.45, 7) is 2.81. The van der Waals surface area contributed by atoms with Crippen LogP contribution in [0.5, 0.6) is 0 Å². The summed E-state index contributed by atoms with van der Waals surface area (Å²) >= 11 is 7.55. The highest BCUT2D eigenvalue weighted by atomic mass is 35.5. The minimum absolute atomic E-state index is 0.203. The second-order valence-corrected chi connectivity index (χ2v) is 11.3. The molecule has 2 aromatic heterocycles. The molecule has 2 fully saturated rings. The van der Waals surface area contributed by atoms with Crippen LogP contribution < -0.4 is 10.6 Å². The van der Waals surface area contributed by atoms with Crippen molar-refractivity contribution in [3.05, 3.63) is 50.6 Å². The highest BCUT2D eigenvalue weighted by molar-refractivity contribution is 7.13. The third-order valence-electron chi connectivity index (χ3n) is 7.24. The number of nitrogens with zero attached hydrogens (tertiary/aromatic N) is 2. The van der Waals surface area contributed by atoms with E-state index >= 15 is 0 Å². The third kappa shape index (κ3) is 4.64. The van der Waals surface area contributed by atoms with Crippen molar-refractivity contribution in [2.75, 3.05) is 26.8 Å². The largest absolute Gasteiger partial charge is 0.351 e. The van der Waals surface area contributed by atoms with Gasteiger partial charge in [-0.05, 0) is 37.7 Å². The Balaban J connectivity index is 1.20. The lowest BCUT2D eigenvalue weighted by Gasteiger charge is -2.41. The van der Waals surface area contributed by atoms with Gasteiger partial charge in [-0.3, -0.25) is 9.59 Å². The number of halogens is 1. The van der Waals surface area contributed by atoms with Crippen LogP contribution in [0.25, 0.3) is 10.9 Å². The Bertz CT molecular complexity index is 1320. The van der Waals surface area contributed by atoms with Crippen molar-refractivity contribution >= 4 is 45.7 Å². The number of carbonyl (C=O) groups excluding carboxylic acids is 2. The Morgan fingerprint density at radius 3 is 2.83 bits per heavy atom. The zero-order valence-electron chi connectivity index (χ0n) is 19.9. The van der Waals surface area contributed by atoms with Gasteiger partial charge in [-0.2, -0.15) is 0 Å². The van der Waals surface area contributed by atoms with Crippen molar-refractivity contribution in [1.82, 2.24) is 25.5 Å². The standard InChI is InChI=1S/C25H28ClN5O4S/c1-31-7-5-18-21(13-31)36-24(30-18)23(33)28-17-4-6-25(34-8-9-35-25)12-20(17)29-22(32)19-11-14-10-15(26)2-3-16(14)27-19/h2-3,10-11,17,20,27H,4-9,12-13H2,1H3,(H,28,33)(H,29,32). The van der Waals surface area contributed by atoms with Crippen LogP contribution in [0, 0.1) is 0 Å². The molecule has 1 saturated carbocycles. The molecule has 11 heteroatoms. The van der Waals surface area contributed by atoms with Crippen molar-refractivity contribution in [3.63, 3.8) is 0 Å². The number of rotatable bonds is 4. The first-order chi connectivity index (χ1) is 17.4. The number of amides is 2. The van der Waals surface area contributed by atoms with Gasteiger partial charge in [0.25, 0.3) is 11.8 Å². The van der Waals surface area contributed by atoms with Gasteiger partial charge in [0.15, 0.2) is 10.8 Å². The van der Waals surface area contributed by atoms with Crippen LogP contribution in [0.2, 0.25) is 5.02 Å². The predicted octanol–water partition coefficient (Wildman–Crippen LogP) is 3.09. The van der Waals surface area contributed by atoms with E-state index in [1.807, 2.05) is 12.1 Å². The maximum atomic E-state index is 13.3. The molecule has 190 valence electrons. The van der Waals surface area contributed by atoms with Gasteiger partial charge in [0.2, 0.25) is 0 Å². The zero-order valence-corrected chi connectivity index (χ0v) is 21.5. The van der Waals surface area contributed by atoms with E-state index in [1.54, 1.807) is 12.1 Å². The normalized spacial score (nSPS) is 23.6. The van der Waals surface area contributed by atoms with E-state index in [4.69, 9.17) is 21.1 Å².